The normalized spacial score (nSPS) is 28.3. The lowest BCUT2D eigenvalue weighted by Gasteiger charge is -2.09. The number of nitrogens with zero attached hydrogens (tertiary/aromatic N) is 1. The van der Waals surface area contributed by atoms with E-state index in [1.54, 1.807) is 13.1 Å². The summed E-state index contributed by atoms with van der Waals surface area (Å²) >= 11 is 0. The summed E-state index contributed by atoms with van der Waals surface area (Å²) in [5.41, 5.74) is 0. The Morgan fingerprint density at radius 3 is 2.38 bits per heavy atom. The van der Waals surface area contributed by atoms with E-state index in [0.29, 0.717) is 6.42 Å². The Hall–Kier alpha value is -1.12. The van der Waals surface area contributed by atoms with Crippen LogP contribution in [0, 0.1) is 11.8 Å². The second-order valence-electron chi connectivity index (χ2n) is 3.38. The number of hydrogen-bond acceptors (Lipinski definition) is 2. The van der Waals surface area contributed by atoms with Crippen molar-refractivity contribution in [2.24, 2.45) is 11.8 Å². The molecule has 2 unspecified atom stereocenters. The third-order valence-corrected chi connectivity index (χ3v) is 2.64. The Balaban J connectivity index is 2.86. The fraction of sp³-hybridized carbons (Fsp3) is 0.600. The molecule has 0 bridgehead atoms. The molecule has 0 N–H and O–H groups in total. The van der Waals surface area contributed by atoms with Crippen molar-refractivity contribution in [3.63, 3.8) is 0 Å². The first-order valence-corrected chi connectivity index (χ1v) is 4.55. The van der Waals surface area contributed by atoms with Gasteiger partial charge in [0.1, 0.15) is 0 Å². The van der Waals surface area contributed by atoms with Gasteiger partial charge in [-0.1, -0.05) is 13.0 Å². The standard InChI is InChI=1S/C10H15NO2/c1-4-6-8-7(5-2)9(12)11(3)10(8)13/h4,7-8H,1,5-6H2,2-3H3. The summed E-state index contributed by atoms with van der Waals surface area (Å²) in [4.78, 5) is 24.3. The number of rotatable bonds is 3. The van der Waals surface area contributed by atoms with Gasteiger partial charge in [0, 0.05) is 7.05 Å². The monoisotopic (exact) mass is 181 g/mol. The topological polar surface area (TPSA) is 37.4 Å². The third-order valence-electron chi connectivity index (χ3n) is 2.64. The predicted molar refractivity (Wildman–Crippen MR) is 49.9 cm³/mol. The summed E-state index contributed by atoms with van der Waals surface area (Å²) in [7, 11) is 1.55. The molecule has 0 aromatic carbocycles. The van der Waals surface area contributed by atoms with Crippen LogP contribution in [0.4, 0.5) is 0 Å². The highest BCUT2D eigenvalue weighted by atomic mass is 16.2. The molecule has 0 aromatic rings. The van der Waals surface area contributed by atoms with Crippen LogP contribution in [0.5, 0.6) is 0 Å². The molecule has 2 atom stereocenters. The number of amides is 2. The van der Waals surface area contributed by atoms with Gasteiger partial charge < -0.3 is 0 Å². The van der Waals surface area contributed by atoms with Crippen LogP contribution in [0.25, 0.3) is 0 Å². The predicted octanol–water partition coefficient (Wildman–Crippen LogP) is 1.20. The van der Waals surface area contributed by atoms with Crippen molar-refractivity contribution in [3.8, 4) is 0 Å². The second-order valence-corrected chi connectivity index (χ2v) is 3.38. The maximum Gasteiger partial charge on any atom is 0.233 e. The molecule has 0 saturated carbocycles. The van der Waals surface area contributed by atoms with Gasteiger partial charge in [0.15, 0.2) is 0 Å². The van der Waals surface area contributed by atoms with Gasteiger partial charge in [0.2, 0.25) is 11.8 Å². The molecule has 13 heavy (non-hydrogen) atoms. The molecule has 3 heteroatoms. The average molecular weight is 181 g/mol. The summed E-state index contributed by atoms with van der Waals surface area (Å²) in [6.07, 6.45) is 3.04. The van der Waals surface area contributed by atoms with Crippen LogP contribution in [-0.2, 0) is 9.59 Å². The lowest BCUT2D eigenvalue weighted by molar-refractivity contribution is -0.138. The first kappa shape index (κ1) is 9.96. The van der Waals surface area contributed by atoms with Crippen molar-refractivity contribution >= 4 is 11.8 Å². The van der Waals surface area contributed by atoms with E-state index in [0.717, 1.165) is 6.42 Å². The smallest absolute Gasteiger partial charge is 0.233 e. The van der Waals surface area contributed by atoms with E-state index in [4.69, 9.17) is 0 Å². The summed E-state index contributed by atoms with van der Waals surface area (Å²) in [6.45, 7) is 5.53. The van der Waals surface area contributed by atoms with Crippen LogP contribution in [0.1, 0.15) is 19.8 Å². The minimum Gasteiger partial charge on any atom is -0.285 e. The Morgan fingerprint density at radius 1 is 1.38 bits per heavy atom. The van der Waals surface area contributed by atoms with Crippen LogP contribution in [0.15, 0.2) is 12.7 Å². The molecule has 72 valence electrons. The SMILES string of the molecule is C=CCC1C(=O)N(C)C(=O)C1CC. The van der Waals surface area contributed by atoms with Crippen molar-refractivity contribution in [3.05, 3.63) is 12.7 Å². The van der Waals surface area contributed by atoms with E-state index in [-0.39, 0.29) is 23.7 Å². The van der Waals surface area contributed by atoms with Gasteiger partial charge in [-0.2, -0.15) is 0 Å². The van der Waals surface area contributed by atoms with Gasteiger partial charge in [-0.05, 0) is 12.8 Å². The number of hydrogen-bond donors (Lipinski definition) is 0. The quantitative estimate of drug-likeness (QED) is 0.484. The molecule has 1 heterocycles. The molecule has 0 spiro atoms. The summed E-state index contributed by atoms with van der Waals surface area (Å²) in [5.74, 6) is -0.397. The van der Waals surface area contributed by atoms with Gasteiger partial charge in [-0.3, -0.25) is 14.5 Å². The second kappa shape index (κ2) is 3.73. The molecule has 0 radical (unpaired) electrons. The van der Waals surface area contributed by atoms with Crippen LogP contribution in [0.3, 0.4) is 0 Å². The van der Waals surface area contributed by atoms with Crippen molar-refractivity contribution in [2.75, 3.05) is 7.05 Å². The molecular formula is C10H15NO2. The summed E-state index contributed by atoms with van der Waals surface area (Å²) < 4.78 is 0. The van der Waals surface area contributed by atoms with Gasteiger partial charge >= 0.3 is 0 Å². The minimum atomic E-state index is -0.167. The van der Waals surface area contributed by atoms with Crippen LogP contribution < -0.4 is 0 Å². The van der Waals surface area contributed by atoms with E-state index in [1.165, 1.54) is 4.90 Å². The highest BCUT2D eigenvalue weighted by molar-refractivity contribution is 6.04. The van der Waals surface area contributed by atoms with E-state index >= 15 is 0 Å². The zero-order chi connectivity index (χ0) is 10.0. The Kier molecular flexibility index (Phi) is 2.86. The highest BCUT2D eigenvalue weighted by Gasteiger charge is 2.43. The first-order valence-electron chi connectivity index (χ1n) is 4.55. The van der Waals surface area contributed by atoms with Gasteiger partial charge in [0.25, 0.3) is 0 Å². The Morgan fingerprint density at radius 2 is 1.92 bits per heavy atom. The molecule has 1 fully saturated rings. The number of carbonyl (C=O) groups excluding carboxylic acids is 2. The van der Waals surface area contributed by atoms with Crippen molar-refractivity contribution < 1.29 is 9.59 Å². The molecule has 3 nitrogen and oxygen atoms in total. The fourth-order valence-corrected chi connectivity index (χ4v) is 1.85. The fourth-order valence-electron chi connectivity index (χ4n) is 1.85. The van der Waals surface area contributed by atoms with Crippen molar-refractivity contribution in [2.45, 2.75) is 19.8 Å². The average Bonchev–Trinajstić information content (AvgIpc) is 2.32. The van der Waals surface area contributed by atoms with Crippen molar-refractivity contribution in [1.29, 1.82) is 0 Å². The molecule has 0 aliphatic carbocycles. The maximum absolute atomic E-state index is 11.5. The van der Waals surface area contributed by atoms with Crippen molar-refractivity contribution in [1.82, 2.24) is 4.90 Å². The number of likely N-dealkylation sites (tertiary alicyclic amines) is 1. The molecule has 1 aliphatic rings. The molecule has 1 rings (SSSR count). The largest absolute Gasteiger partial charge is 0.285 e. The van der Waals surface area contributed by atoms with E-state index < -0.39 is 0 Å². The Labute approximate surface area is 78.4 Å². The maximum atomic E-state index is 11.5. The third kappa shape index (κ3) is 1.50. The number of imide groups is 1. The van der Waals surface area contributed by atoms with Gasteiger partial charge in [-0.15, -0.1) is 6.58 Å². The lowest BCUT2D eigenvalue weighted by atomic mass is 9.90. The lowest BCUT2D eigenvalue weighted by Crippen LogP contribution is -2.26. The summed E-state index contributed by atoms with van der Waals surface area (Å²) in [5, 5.41) is 0. The van der Waals surface area contributed by atoms with Gasteiger partial charge in [0.05, 0.1) is 11.8 Å². The number of carbonyl (C=O) groups is 2. The molecule has 2 amide bonds. The van der Waals surface area contributed by atoms with E-state index in [9.17, 15) is 9.59 Å². The van der Waals surface area contributed by atoms with Gasteiger partial charge in [-0.25, -0.2) is 0 Å². The molecule has 1 saturated heterocycles. The molecular weight excluding hydrogens is 166 g/mol. The van der Waals surface area contributed by atoms with E-state index in [2.05, 4.69) is 6.58 Å². The zero-order valence-electron chi connectivity index (χ0n) is 8.12. The minimum absolute atomic E-state index is 0.0423. The van der Waals surface area contributed by atoms with E-state index in [1.807, 2.05) is 6.92 Å². The summed E-state index contributed by atoms with van der Waals surface area (Å²) in [6, 6.07) is 0. The van der Waals surface area contributed by atoms with Crippen LogP contribution >= 0.6 is 0 Å². The van der Waals surface area contributed by atoms with Crippen LogP contribution in [0.2, 0.25) is 0 Å². The first-order chi connectivity index (χ1) is 6.13. The molecule has 1 aliphatic heterocycles. The molecule has 0 aromatic heterocycles. The highest BCUT2D eigenvalue weighted by Crippen LogP contribution is 2.30. The van der Waals surface area contributed by atoms with Crippen LogP contribution in [-0.4, -0.2) is 23.8 Å². The Bertz CT molecular complexity index is 247. The zero-order valence-corrected chi connectivity index (χ0v) is 8.12. The number of allylic oxidation sites excluding steroid dienone is 1.